The van der Waals surface area contributed by atoms with Gasteiger partial charge in [0.25, 0.3) is 0 Å². The van der Waals surface area contributed by atoms with Crippen molar-refractivity contribution in [2.45, 2.75) is 12.8 Å². The number of aryl methyl sites for hydroxylation is 1. The lowest BCUT2D eigenvalue weighted by molar-refractivity contribution is -0.135. The highest BCUT2D eigenvalue weighted by atomic mass is 16.2. The molecule has 4 rings (SSSR count). The minimum Gasteiger partial charge on any atom is -0.368 e. The molecule has 2 atom stereocenters. The topological polar surface area (TPSA) is 35.6 Å². The summed E-state index contributed by atoms with van der Waals surface area (Å²) in [5.41, 5.74) is 3.87. The van der Waals surface area contributed by atoms with E-state index in [0.29, 0.717) is 5.91 Å². The van der Waals surface area contributed by atoms with Crippen molar-refractivity contribution in [1.82, 2.24) is 10.2 Å². The molecule has 0 aliphatic carbocycles. The number of nitrogens with one attached hydrogen (secondary N) is 1. The van der Waals surface area contributed by atoms with Crippen LogP contribution in [0.5, 0.6) is 0 Å². The number of carbonyl (C=O) groups is 1. The molecule has 2 unspecified atom stereocenters. The molecular weight excluding hydrogens is 322 g/mol. The maximum Gasteiger partial charge on any atom is 0.227 e. The molecule has 2 saturated heterocycles. The van der Waals surface area contributed by atoms with Crippen LogP contribution in [0.1, 0.15) is 17.0 Å². The van der Waals surface area contributed by atoms with Crippen LogP contribution in [0.3, 0.4) is 0 Å². The molecular formula is C22H27N3O. The van der Waals surface area contributed by atoms with Gasteiger partial charge >= 0.3 is 0 Å². The molecule has 1 N–H and O–H groups in total. The second kappa shape index (κ2) is 7.50. The van der Waals surface area contributed by atoms with E-state index in [9.17, 15) is 4.79 Å². The molecule has 2 aliphatic rings. The van der Waals surface area contributed by atoms with Crippen molar-refractivity contribution in [3.8, 4) is 0 Å². The second-order valence-electron chi connectivity index (χ2n) is 7.38. The van der Waals surface area contributed by atoms with Crippen molar-refractivity contribution >= 4 is 11.6 Å². The standard InChI is InChI=1S/C22H27N3O/c1-17-7-5-6-10-21(17)24-11-13-25(14-12-24)22(26)20-16-23-15-19(20)18-8-3-2-4-9-18/h2-10,19-20,23H,11-16H2,1H3. The highest BCUT2D eigenvalue weighted by molar-refractivity contribution is 5.81. The summed E-state index contributed by atoms with van der Waals surface area (Å²) in [6.07, 6.45) is 0. The summed E-state index contributed by atoms with van der Waals surface area (Å²) in [5.74, 6) is 0.661. The van der Waals surface area contributed by atoms with E-state index in [4.69, 9.17) is 0 Å². The van der Waals surface area contributed by atoms with Gasteiger partial charge in [-0.05, 0) is 24.1 Å². The lowest BCUT2D eigenvalue weighted by Gasteiger charge is -2.38. The van der Waals surface area contributed by atoms with Gasteiger partial charge < -0.3 is 15.1 Å². The Morgan fingerprint density at radius 2 is 1.62 bits per heavy atom. The Bertz CT molecular complexity index is 753. The Kier molecular flexibility index (Phi) is 4.93. The lowest BCUT2D eigenvalue weighted by Crippen LogP contribution is -2.51. The van der Waals surface area contributed by atoms with Crippen LogP contribution in [-0.2, 0) is 4.79 Å². The molecule has 0 bridgehead atoms. The Balaban J connectivity index is 1.41. The molecule has 136 valence electrons. The zero-order valence-electron chi connectivity index (χ0n) is 15.4. The zero-order valence-corrected chi connectivity index (χ0v) is 15.4. The summed E-state index contributed by atoms with van der Waals surface area (Å²) < 4.78 is 0. The van der Waals surface area contributed by atoms with Crippen LogP contribution in [0.2, 0.25) is 0 Å². The first-order valence-electron chi connectivity index (χ1n) is 9.59. The summed E-state index contributed by atoms with van der Waals surface area (Å²) in [6, 6.07) is 19.0. The first-order valence-corrected chi connectivity index (χ1v) is 9.59. The third kappa shape index (κ3) is 3.34. The van der Waals surface area contributed by atoms with E-state index in [1.165, 1.54) is 16.8 Å². The molecule has 0 radical (unpaired) electrons. The van der Waals surface area contributed by atoms with Gasteiger partial charge in [0.15, 0.2) is 0 Å². The molecule has 26 heavy (non-hydrogen) atoms. The number of amides is 1. The van der Waals surface area contributed by atoms with Gasteiger partial charge in [-0.15, -0.1) is 0 Å². The molecule has 2 aliphatic heterocycles. The number of para-hydroxylation sites is 1. The fourth-order valence-electron chi connectivity index (χ4n) is 4.31. The van der Waals surface area contributed by atoms with E-state index < -0.39 is 0 Å². The number of anilines is 1. The fourth-order valence-corrected chi connectivity index (χ4v) is 4.31. The van der Waals surface area contributed by atoms with Gasteiger partial charge in [-0.1, -0.05) is 48.5 Å². The average molecular weight is 349 g/mol. The summed E-state index contributed by atoms with van der Waals surface area (Å²) in [6.45, 7) is 7.28. The van der Waals surface area contributed by atoms with Crippen LogP contribution in [0.25, 0.3) is 0 Å². The van der Waals surface area contributed by atoms with Gasteiger partial charge in [-0.25, -0.2) is 0 Å². The molecule has 2 heterocycles. The van der Waals surface area contributed by atoms with E-state index >= 15 is 0 Å². The monoisotopic (exact) mass is 349 g/mol. The molecule has 2 aromatic rings. The Hall–Kier alpha value is -2.33. The van der Waals surface area contributed by atoms with Crippen molar-refractivity contribution in [2.24, 2.45) is 5.92 Å². The molecule has 1 amide bonds. The predicted octanol–water partition coefficient (Wildman–Crippen LogP) is 2.65. The van der Waals surface area contributed by atoms with Crippen LogP contribution in [0.15, 0.2) is 54.6 Å². The number of piperazine rings is 1. The fraction of sp³-hybridized carbons (Fsp3) is 0.409. The van der Waals surface area contributed by atoms with Gasteiger partial charge in [0.2, 0.25) is 5.91 Å². The van der Waals surface area contributed by atoms with Crippen molar-refractivity contribution in [1.29, 1.82) is 0 Å². The van der Waals surface area contributed by atoms with Gasteiger partial charge in [0, 0.05) is 50.9 Å². The number of rotatable bonds is 3. The van der Waals surface area contributed by atoms with E-state index in [1.54, 1.807) is 0 Å². The molecule has 0 saturated carbocycles. The van der Waals surface area contributed by atoms with Gasteiger partial charge in [-0.3, -0.25) is 4.79 Å². The van der Waals surface area contributed by atoms with Crippen molar-refractivity contribution in [3.63, 3.8) is 0 Å². The molecule has 4 nitrogen and oxygen atoms in total. The quantitative estimate of drug-likeness (QED) is 0.925. The van der Waals surface area contributed by atoms with E-state index in [-0.39, 0.29) is 11.8 Å². The van der Waals surface area contributed by atoms with E-state index in [0.717, 1.165) is 39.3 Å². The minimum atomic E-state index is 0.0578. The van der Waals surface area contributed by atoms with Crippen molar-refractivity contribution in [2.75, 3.05) is 44.2 Å². The van der Waals surface area contributed by atoms with Crippen LogP contribution >= 0.6 is 0 Å². The van der Waals surface area contributed by atoms with Crippen molar-refractivity contribution in [3.05, 3.63) is 65.7 Å². The summed E-state index contributed by atoms with van der Waals surface area (Å²) in [4.78, 5) is 17.6. The molecule has 2 aromatic carbocycles. The smallest absolute Gasteiger partial charge is 0.227 e. The largest absolute Gasteiger partial charge is 0.368 e. The third-order valence-electron chi connectivity index (χ3n) is 5.81. The number of nitrogens with zero attached hydrogens (tertiary/aromatic N) is 2. The van der Waals surface area contributed by atoms with Gasteiger partial charge in [0.05, 0.1) is 5.92 Å². The zero-order chi connectivity index (χ0) is 17.9. The van der Waals surface area contributed by atoms with Gasteiger partial charge in [0.1, 0.15) is 0 Å². The average Bonchev–Trinajstić information content (AvgIpc) is 3.18. The third-order valence-corrected chi connectivity index (χ3v) is 5.81. The van der Waals surface area contributed by atoms with E-state index in [2.05, 4.69) is 70.6 Å². The maximum atomic E-state index is 13.2. The number of carbonyl (C=O) groups excluding carboxylic acids is 1. The highest BCUT2D eigenvalue weighted by Crippen LogP contribution is 2.30. The molecule has 0 spiro atoms. The first kappa shape index (κ1) is 17.1. The highest BCUT2D eigenvalue weighted by Gasteiger charge is 2.37. The second-order valence-corrected chi connectivity index (χ2v) is 7.38. The number of hydrogen-bond acceptors (Lipinski definition) is 3. The summed E-state index contributed by atoms with van der Waals surface area (Å²) in [5, 5.41) is 3.43. The van der Waals surface area contributed by atoms with Crippen LogP contribution in [0, 0.1) is 12.8 Å². The van der Waals surface area contributed by atoms with E-state index in [1.807, 2.05) is 6.07 Å². The Morgan fingerprint density at radius 1 is 0.923 bits per heavy atom. The number of benzene rings is 2. The Morgan fingerprint density at radius 3 is 2.35 bits per heavy atom. The predicted molar refractivity (Wildman–Crippen MR) is 106 cm³/mol. The normalized spacial score (nSPS) is 23.3. The number of hydrogen-bond donors (Lipinski definition) is 1. The Labute approximate surface area is 155 Å². The van der Waals surface area contributed by atoms with Crippen molar-refractivity contribution < 1.29 is 4.79 Å². The van der Waals surface area contributed by atoms with Crippen LogP contribution in [-0.4, -0.2) is 50.1 Å². The molecule has 0 aromatic heterocycles. The van der Waals surface area contributed by atoms with Gasteiger partial charge in [-0.2, -0.15) is 0 Å². The van der Waals surface area contributed by atoms with Crippen LogP contribution < -0.4 is 10.2 Å². The maximum absolute atomic E-state index is 13.2. The minimum absolute atomic E-state index is 0.0578. The molecule has 2 fully saturated rings. The SMILES string of the molecule is Cc1ccccc1N1CCN(C(=O)C2CNCC2c2ccccc2)CC1. The lowest BCUT2D eigenvalue weighted by atomic mass is 9.88. The first-order chi connectivity index (χ1) is 12.7. The summed E-state index contributed by atoms with van der Waals surface area (Å²) >= 11 is 0. The van der Waals surface area contributed by atoms with Crippen LogP contribution in [0.4, 0.5) is 5.69 Å². The molecule has 4 heteroatoms. The summed E-state index contributed by atoms with van der Waals surface area (Å²) in [7, 11) is 0.